The molecule has 3 rings (SSSR count). The molecule has 0 unspecified atom stereocenters. The molecule has 0 aliphatic carbocycles. The van der Waals surface area contributed by atoms with Crippen molar-refractivity contribution in [2.45, 2.75) is 12.8 Å². The molecule has 1 aliphatic rings. The molecule has 2 heterocycles. The van der Waals surface area contributed by atoms with E-state index in [1.165, 1.54) is 6.07 Å². The third-order valence-electron chi connectivity index (χ3n) is 3.55. The molecular weight excluding hydrogens is 334 g/mol. The monoisotopic (exact) mass is 351 g/mol. The lowest BCUT2D eigenvalue weighted by molar-refractivity contribution is 0.475. The smallest absolute Gasteiger partial charge is 0.301 e. The molecule has 11 heteroatoms. The van der Waals surface area contributed by atoms with Gasteiger partial charge in [-0.2, -0.15) is 28.1 Å². The van der Waals surface area contributed by atoms with Gasteiger partial charge in [-0.3, -0.25) is 4.31 Å². The van der Waals surface area contributed by atoms with E-state index >= 15 is 0 Å². The van der Waals surface area contributed by atoms with Crippen LogP contribution in [0.25, 0.3) is 0 Å². The zero-order valence-corrected chi connectivity index (χ0v) is 13.5. The van der Waals surface area contributed by atoms with Crippen LogP contribution in [0.1, 0.15) is 11.4 Å². The van der Waals surface area contributed by atoms with Crippen LogP contribution in [0.3, 0.4) is 0 Å². The molecule has 10 nitrogen and oxygen atoms in total. The summed E-state index contributed by atoms with van der Waals surface area (Å²) < 4.78 is 27.2. The summed E-state index contributed by atoms with van der Waals surface area (Å²) in [5.41, 5.74) is 12.1. The Hall–Kier alpha value is -2.66. The second-order valence-corrected chi connectivity index (χ2v) is 6.94. The molecule has 1 aromatic carbocycles. The van der Waals surface area contributed by atoms with E-state index in [4.69, 9.17) is 11.5 Å². The highest BCUT2D eigenvalue weighted by Gasteiger charge is 2.29. The van der Waals surface area contributed by atoms with E-state index in [-0.39, 0.29) is 29.9 Å². The topological polar surface area (TPSA) is 160 Å². The van der Waals surface area contributed by atoms with Gasteiger partial charge in [-0.1, -0.05) is 6.07 Å². The van der Waals surface area contributed by atoms with Crippen LogP contribution >= 0.6 is 0 Å². The van der Waals surface area contributed by atoms with Gasteiger partial charge in [-0.05, 0) is 24.1 Å². The molecule has 1 fully saturated rings. The SMILES string of the molecule is Nc1nc(N)nc(CCc2ccc(N3CCNS3(=O)=O)c(O)c2)n1. The number of rotatable bonds is 4. The van der Waals surface area contributed by atoms with Gasteiger partial charge in [-0.15, -0.1) is 0 Å². The van der Waals surface area contributed by atoms with Gasteiger partial charge in [0.05, 0.1) is 5.69 Å². The van der Waals surface area contributed by atoms with Crippen molar-refractivity contribution in [1.29, 1.82) is 0 Å². The fourth-order valence-corrected chi connectivity index (χ4v) is 3.73. The van der Waals surface area contributed by atoms with E-state index in [0.29, 0.717) is 25.2 Å². The lowest BCUT2D eigenvalue weighted by Crippen LogP contribution is -2.29. The van der Waals surface area contributed by atoms with Crippen molar-refractivity contribution in [1.82, 2.24) is 19.7 Å². The zero-order chi connectivity index (χ0) is 17.3. The summed E-state index contributed by atoms with van der Waals surface area (Å²) >= 11 is 0. The van der Waals surface area contributed by atoms with Crippen molar-refractivity contribution < 1.29 is 13.5 Å². The van der Waals surface area contributed by atoms with Gasteiger partial charge >= 0.3 is 10.2 Å². The lowest BCUT2D eigenvalue weighted by Gasteiger charge is -2.17. The summed E-state index contributed by atoms with van der Waals surface area (Å²) in [6.07, 6.45) is 0.987. The quantitative estimate of drug-likeness (QED) is 0.555. The second kappa shape index (κ2) is 6.09. The highest BCUT2D eigenvalue weighted by molar-refractivity contribution is 7.91. The molecule has 1 aliphatic heterocycles. The number of hydrogen-bond donors (Lipinski definition) is 4. The molecule has 0 saturated carbocycles. The van der Waals surface area contributed by atoms with Gasteiger partial charge in [0.1, 0.15) is 11.6 Å². The van der Waals surface area contributed by atoms with Crippen LogP contribution in [0.5, 0.6) is 5.75 Å². The van der Waals surface area contributed by atoms with E-state index in [1.54, 1.807) is 12.1 Å². The molecular formula is C13H17N7O3S. The third kappa shape index (κ3) is 3.31. The Labute approximate surface area is 138 Å². The van der Waals surface area contributed by atoms with Crippen molar-refractivity contribution in [3.05, 3.63) is 29.6 Å². The molecule has 0 atom stereocenters. The Morgan fingerprint density at radius 1 is 1.17 bits per heavy atom. The molecule has 0 radical (unpaired) electrons. The van der Waals surface area contributed by atoms with Gasteiger partial charge in [0.25, 0.3) is 0 Å². The lowest BCUT2D eigenvalue weighted by atomic mass is 10.1. The van der Waals surface area contributed by atoms with E-state index in [2.05, 4.69) is 19.7 Å². The zero-order valence-electron chi connectivity index (χ0n) is 12.7. The summed E-state index contributed by atoms with van der Waals surface area (Å²) in [4.78, 5) is 11.7. The number of nitrogens with two attached hydrogens (primary N) is 2. The average Bonchev–Trinajstić information content (AvgIpc) is 2.84. The maximum atomic E-state index is 11.8. The summed E-state index contributed by atoms with van der Waals surface area (Å²) in [5.74, 6) is 0.467. The first-order valence-electron chi connectivity index (χ1n) is 7.20. The molecule has 6 N–H and O–H groups in total. The van der Waals surface area contributed by atoms with Crippen LogP contribution in [-0.2, 0) is 23.1 Å². The summed E-state index contributed by atoms with van der Waals surface area (Å²) in [7, 11) is -3.57. The Kier molecular flexibility index (Phi) is 4.11. The number of hydrogen-bond acceptors (Lipinski definition) is 8. The minimum atomic E-state index is -3.57. The van der Waals surface area contributed by atoms with Crippen molar-refractivity contribution >= 4 is 27.8 Å². The van der Waals surface area contributed by atoms with Crippen LogP contribution < -0.4 is 20.5 Å². The fourth-order valence-electron chi connectivity index (χ4n) is 2.48. The molecule has 2 aromatic rings. The maximum absolute atomic E-state index is 11.8. The van der Waals surface area contributed by atoms with Gasteiger partial charge in [0, 0.05) is 19.5 Å². The van der Waals surface area contributed by atoms with Crippen LogP contribution in [0.15, 0.2) is 18.2 Å². The Balaban J connectivity index is 1.75. The largest absolute Gasteiger partial charge is 0.506 e. The number of anilines is 3. The average molecular weight is 351 g/mol. The number of aromatic nitrogens is 3. The van der Waals surface area contributed by atoms with Crippen molar-refractivity contribution in [3.8, 4) is 5.75 Å². The first kappa shape index (κ1) is 16.2. The summed E-state index contributed by atoms with van der Waals surface area (Å²) in [5, 5.41) is 10.2. The van der Waals surface area contributed by atoms with Crippen LogP contribution in [0, 0.1) is 0 Å². The van der Waals surface area contributed by atoms with E-state index in [9.17, 15) is 13.5 Å². The van der Waals surface area contributed by atoms with Gasteiger partial charge < -0.3 is 16.6 Å². The Bertz CT molecular complexity index is 852. The van der Waals surface area contributed by atoms with Gasteiger partial charge in [-0.25, -0.2) is 0 Å². The van der Waals surface area contributed by atoms with Crippen molar-refractivity contribution in [2.24, 2.45) is 0 Å². The van der Waals surface area contributed by atoms with Crippen LogP contribution in [0.4, 0.5) is 17.6 Å². The summed E-state index contributed by atoms with van der Waals surface area (Å²) in [6.45, 7) is 0.588. The van der Waals surface area contributed by atoms with E-state index < -0.39 is 10.2 Å². The van der Waals surface area contributed by atoms with E-state index in [1.807, 2.05) is 0 Å². The molecule has 0 bridgehead atoms. The molecule has 1 saturated heterocycles. The minimum absolute atomic E-state index is 0.0578. The third-order valence-corrected chi connectivity index (χ3v) is 5.08. The Morgan fingerprint density at radius 2 is 1.88 bits per heavy atom. The number of phenolic OH excluding ortho intramolecular Hbond substituents is 1. The first-order valence-corrected chi connectivity index (χ1v) is 8.64. The number of phenols is 1. The van der Waals surface area contributed by atoms with Gasteiger partial charge in [0.2, 0.25) is 11.9 Å². The predicted octanol–water partition coefficient (Wildman–Crippen LogP) is -0.819. The summed E-state index contributed by atoms with van der Waals surface area (Å²) in [6, 6.07) is 4.85. The highest BCUT2D eigenvalue weighted by atomic mass is 32.2. The van der Waals surface area contributed by atoms with Crippen LogP contribution in [0.2, 0.25) is 0 Å². The standard InChI is InChI=1S/C13H17N7O3S/c14-12-17-11(18-13(15)19-12)4-2-8-1-3-9(10(21)7-8)20-6-5-16-24(20,22)23/h1,3,7,16,21H,2,4-6H2,(H4,14,15,17,18,19). The molecule has 24 heavy (non-hydrogen) atoms. The highest BCUT2D eigenvalue weighted by Crippen LogP contribution is 2.31. The van der Waals surface area contributed by atoms with Crippen molar-refractivity contribution in [3.63, 3.8) is 0 Å². The number of aromatic hydroxyl groups is 1. The molecule has 1 aromatic heterocycles. The normalized spacial score (nSPS) is 16.4. The van der Waals surface area contributed by atoms with Crippen LogP contribution in [-0.4, -0.2) is 41.6 Å². The van der Waals surface area contributed by atoms with E-state index in [0.717, 1.165) is 9.87 Å². The fraction of sp³-hybridized carbons (Fsp3) is 0.308. The minimum Gasteiger partial charge on any atom is -0.506 e. The number of aryl methyl sites for hydroxylation is 2. The van der Waals surface area contributed by atoms with Gasteiger partial charge in [0.15, 0.2) is 0 Å². The first-order chi connectivity index (χ1) is 11.3. The Morgan fingerprint density at radius 3 is 2.46 bits per heavy atom. The number of nitrogen functional groups attached to an aromatic ring is 2. The molecule has 0 spiro atoms. The second-order valence-electron chi connectivity index (χ2n) is 5.26. The predicted molar refractivity (Wildman–Crippen MR) is 88.4 cm³/mol. The number of nitrogens with one attached hydrogen (secondary N) is 1. The molecule has 128 valence electrons. The van der Waals surface area contributed by atoms with Crippen molar-refractivity contribution in [2.75, 3.05) is 28.9 Å². The number of nitrogens with zero attached hydrogens (tertiary/aromatic N) is 4. The molecule has 0 amide bonds. The number of benzene rings is 1. The maximum Gasteiger partial charge on any atom is 0.301 e.